The number of nitrogens with one attached hydrogen (secondary N) is 1. The topological polar surface area (TPSA) is 41.5 Å². The summed E-state index contributed by atoms with van der Waals surface area (Å²) in [6.07, 6.45) is 4.93. The van der Waals surface area contributed by atoms with Gasteiger partial charge in [0.1, 0.15) is 11.6 Å². The Morgan fingerprint density at radius 3 is 2.75 bits per heavy atom. The van der Waals surface area contributed by atoms with E-state index in [0.29, 0.717) is 13.2 Å². The van der Waals surface area contributed by atoms with Gasteiger partial charge in [-0.3, -0.25) is 0 Å². The first-order valence-electron chi connectivity index (χ1n) is 7.50. The molecule has 0 aromatic heterocycles. The van der Waals surface area contributed by atoms with Gasteiger partial charge in [0.2, 0.25) is 0 Å². The summed E-state index contributed by atoms with van der Waals surface area (Å²) in [5.41, 5.74) is 0.869. The molecular formula is C16H26FNO2. The number of hydrogen-bond acceptors (Lipinski definition) is 3. The molecule has 0 bridgehead atoms. The van der Waals surface area contributed by atoms with Gasteiger partial charge < -0.3 is 15.2 Å². The molecule has 4 heteroatoms. The maximum atomic E-state index is 13.3. The van der Waals surface area contributed by atoms with Crippen LogP contribution in [0.15, 0.2) is 18.2 Å². The maximum Gasteiger partial charge on any atom is 0.123 e. The van der Waals surface area contributed by atoms with Crippen molar-refractivity contribution < 1.29 is 14.2 Å². The molecule has 0 spiro atoms. The molecule has 1 rings (SSSR count). The molecule has 0 saturated heterocycles. The predicted octanol–water partition coefficient (Wildman–Crippen LogP) is 3.26. The van der Waals surface area contributed by atoms with E-state index in [1.165, 1.54) is 12.1 Å². The van der Waals surface area contributed by atoms with Crippen LogP contribution in [-0.2, 0) is 6.54 Å². The Morgan fingerprint density at radius 2 is 2.00 bits per heavy atom. The largest absolute Gasteiger partial charge is 0.493 e. The van der Waals surface area contributed by atoms with Crippen LogP contribution < -0.4 is 10.1 Å². The highest BCUT2D eigenvalue weighted by Gasteiger charge is 2.05. The quantitative estimate of drug-likeness (QED) is 0.613. The van der Waals surface area contributed by atoms with E-state index < -0.39 is 0 Å². The van der Waals surface area contributed by atoms with E-state index in [0.717, 1.165) is 50.0 Å². The van der Waals surface area contributed by atoms with Crippen LogP contribution in [0, 0.1) is 5.82 Å². The smallest absolute Gasteiger partial charge is 0.123 e. The van der Waals surface area contributed by atoms with Crippen molar-refractivity contribution in [2.45, 2.75) is 45.6 Å². The van der Waals surface area contributed by atoms with Gasteiger partial charge in [0.25, 0.3) is 0 Å². The Balaban J connectivity index is 2.38. The van der Waals surface area contributed by atoms with Crippen LogP contribution in [0.1, 0.15) is 44.6 Å². The molecule has 0 saturated carbocycles. The number of unbranched alkanes of at least 4 members (excludes halogenated alkanes) is 3. The van der Waals surface area contributed by atoms with Gasteiger partial charge in [-0.05, 0) is 50.4 Å². The highest BCUT2D eigenvalue weighted by atomic mass is 19.1. The van der Waals surface area contributed by atoms with Crippen molar-refractivity contribution in [3.8, 4) is 5.75 Å². The van der Waals surface area contributed by atoms with Gasteiger partial charge in [-0.15, -0.1) is 0 Å². The lowest BCUT2D eigenvalue weighted by Gasteiger charge is -2.12. The van der Waals surface area contributed by atoms with E-state index in [1.54, 1.807) is 6.07 Å². The second-order valence-electron chi connectivity index (χ2n) is 4.92. The second-order valence-corrected chi connectivity index (χ2v) is 4.92. The number of aliphatic hydroxyl groups excluding tert-OH is 1. The van der Waals surface area contributed by atoms with Crippen molar-refractivity contribution in [2.75, 3.05) is 19.8 Å². The molecule has 1 aromatic carbocycles. The van der Waals surface area contributed by atoms with Crippen LogP contribution in [-0.4, -0.2) is 24.9 Å². The summed E-state index contributed by atoms with van der Waals surface area (Å²) >= 11 is 0. The Bertz CT molecular complexity index is 371. The molecule has 3 nitrogen and oxygen atoms in total. The SMILES string of the molecule is CCCNCc1cc(F)ccc1OCCCCCCO. The maximum absolute atomic E-state index is 13.3. The number of halogens is 1. The first-order valence-corrected chi connectivity index (χ1v) is 7.50. The molecule has 0 heterocycles. The molecule has 0 fully saturated rings. The van der Waals surface area contributed by atoms with Crippen LogP contribution in [0.5, 0.6) is 5.75 Å². The van der Waals surface area contributed by atoms with Gasteiger partial charge >= 0.3 is 0 Å². The third-order valence-electron chi connectivity index (χ3n) is 3.07. The van der Waals surface area contributed by atoms with Gasteiger partial charge in [-0.2, -0.15) is 0 Å². The summed E-state index contributed by atoms with van der Waals surface area (Å²) in [5, 5.41) is 12.0. The summed E-state index contributed by atoms with van der Waals surface area (Å²) in [7, 11) is 0. The van der Waals surface area contributed by atoms with Crippen molar-refractivity contribution in [3.05, 3.63) is 29.6 Å². The van der Waals surface area contributed by atoms with Crippen LogP contribution in [0.25, 0.3) is 0 Å². The first kappa shape index (κ1) is 16.9. The molecule has 114 valence electrons. The second kappa shape index (κ2) is 10.6. The number of hydrogen-bond donors (Lipinski definition) is 2. The average Bonchev–Trinajstić information content (AvgIpc) is 2.45. The lowest BCUT2D eigenvalue weighted by molar-refractivity contribution is 0.272. The van der Waals surface area contributed by atoms with Crippen molar-refractivity contribution in [1.82, 2.24) is 5.32 Å². The first-order chi connectivity index (χ1) is 9.77. The van der Waals surface area contributed by atoms with Crippen LogP contribution in [0.2, 0.25) is 0 Å². The molecule has 20 heavy (non-hydrogen) atoms. The lowest BCUT2D eigenvalue weighted by atomic mass is 10.2. The lowest BCUT2D eigenvalue weighted by Crippen LogP contribution is -2.15. The van der Waals surface area contributed by atoms with Crippen LogP contribution in [0.3, 0.4) is 0 Å². The summed E-state index contributed by atoms with van der Waals surface area (Å²) < 4.78 is 19.0. The van der Waals surface area contributed by atoms with E-state index >= 15 is 0 Å². The van der Waals surface area contributed by atoms with Gasteiger partial charge in [0.05, 0.1) is 6.61 Å². The normalized spacial score (nSPS) is 10.8. The number of benzene rings is 1. The van der Waals surface area contributed by atoms with E-state index in [2.05, 4.69) is 12.2 Å². The van der Waals surface area contributed by atoms with Gasteiger partial charge in [0.15, 0.2) is 0 Å². The third-order valence-corrected chi connectivity index (χ3v) is 3.07. The fourth-order valence-electron chi connectivity index (χ4n) is 1.98. The third kappa shape index (κ3) is 6.87. The zero-order chi connectivity index (χ0) is 14.6. The molecule has 1 aromatic rings. The average molecular weight is 283 g/mol. The Labute approximate surface area is 121 Å². The molecule has 0 amide bonds. The summed E-state index contributed by atoms with van der Waals surface area (Å²) in [5.74, 6) is 0.533. The van der Waals surface area contributed by atoms with Crippen LogP contribution in [0.4, 0.5) is 4.39 Å². The van der Waals surface area contributed by atoms with E-state index in [-0.39, 0.29) is 12.4 Å². The van der Waals surface area contributed by atoms with E-state index in [9.17, 15) is 4.39 Å². The minimum atomic E-state index is -0.228. The highest BCUT2D eigenvalue weighted by molar-refractivity contribution is 5.33. The summed E-state index contributed by atoms with van der Waals surface area (Å²) in [6, 6.07) is 4.67. The monoisotopic (exact) mass is 283 g/mol. The Morgan fingerprint density at radius 1 is 1.20 bits per heavy atom. The number of rotatable bonds is 11. The zero-order valence-electron chi connectivity index (χ0n) is 12.3. The van der Waals surface area contributed by atoms with Gasteiger partial charge in [0, 0.05) is 18.7 Å². The van der Waals surface area contributed by atoms with Crippen molar-refractivity contribution in [2.24, 2.45) is 0 Å². The Kier molecular flexibility index (Phi) is 9.00. The molecule has 2 N–H and O–H groups in total. The molecule has 0 aliphatic heterocycles. The summed E-state index contributed by atoms with van der Waals surface area (Å²) in [6.45, 7) is 4.54. The number of ether oxygens (including phenoxy) is 1. The molecule has 0 aliphatic rings. The van der Waals surface area contributed by atoms with Crippen LogP contribution >= 0.6 is 0 Å². The van der Waals surface area contributed by atoms with Gasteiger partial charge in [-0.1, -0.05) is 13.3 Å². The Hall–Kier alpha value is -1.13. The molecule has 0 atom stereocenters. The molecule has 0 radical (unpaired) electrons. The minimum absolute atomic E-state index is 0.228. The zero-order valence-corrected chi connectivity index (χ0v) is 12.3. The summed E-state index contributed by atoms with van der Waals surface area (Å²) in [4.78, 5) is 0. The standard InChI is InChI=1S/C16H26FNO2/c1-2-9-18-13-14-12-15(17)7-8-16(14)20-11-6-4-3-5-10-19/h7-8,12,18-19H,2-6,9-11,13H2,1H3. The number of aliphatic hydroxyl groups is 1. The molecule has 0 aliphatic carbocycles. The van der Waals surface area contributed by atoms with Crippen molar-refractivity contribution in [1.29, 1.82) is 0 Å². The molecule has 0 unspecified atom stereocenters. The minimum Gasteiger partial charge on any atom is -0.493 e. The predicted molar refractivity (Wildman–Crippen MR) is 79.4 cm³/mol. The highest BCUT2D eigenvalue weighted by Crippen LogP contribution is 2.20. The fourth-order valence-corrected chi connectivity index (χ4v) is 1.98. The van der Waals surface area contributed by atoms with Crippen molar-refractivity contribution in [3.63, 3.8) is 0 Å². The molecular weight excluding hydrogens is 257 g/mol. The van der Waals surface area contributed by atoms with Crippen molar-refractivity contribution >= 4 is 0 Å². The van der Waals surface area contributed by atoms with Gasteiger partial charge in [-0.25, -0.2) is 4.39 Å². The fraction of sp³-hybridized carbons (Fsp3) is 0.625. The van der Waals surface area contributed by atoms with E-state index in [1.807, 2.05) is 0 Å². The van der Waals surface area contributed by atoms with E-state index in [4.69, 9.17) is 9.84 Å².